The predicted octanol–water partition coefficient (Wildman–Crippen LogP) is 7.09. The van der Waals surface area contributed by atoms with Crippen molar-refractivity contribution >= 4 is 11.8 Å². The Hall–Kier alpha value is 0.0500. The van der Waals surface area contributed by atoms with Crippen molar-refractivity contribution in [2.75, 3.05) is 5.75 Å². The minimum absolute atomic E-state index is 0.0793. The van der Waals surface area contributed by atoms with Crippen LogP contribution in [0.2, 0.25) is 0 Å². The molecule has 0 saturated heterocycles. The quantitative estimate of drug-likeness (QED) is 0.493. The number of thioether (sulfide) groups is 1. The summed E-state index contributed by atoms with van der Waals surface area (Å²) in [5, 5.41) is 11.0. The summed E-state index contributed by atoms with van der Waals surface area (Å²) < 4.78 is 0. The molecule has 2 heteroatoms. The molecule has 0 bridgehead atoms. The molecular weight excluding hydrogens is 360 g/mol. The summed E-state index contributed by atoms with van der Waals surface area (Å²) in [4.78, 5) is 0. The molecule has 3 fully saturated rings. The molecule has 0 aromatic heterocycles. The third-order valence-electron chi connectivity index (χ3n) is 9.79. The molecule has 8 atom stereocenters. The van der Waals surface area contributed by atoms with Crippen molar-refractivity contribution in [3.05, 3.63) is 11.6 Å². The van der Waals surface area contributed by atoms with Crippen molar-refractivity contribution in [3.8, 4) is 0 Å². The van der Waals surface area contributed by atoms with Gasteiger partial charge in [-0.2, -0.15) is 11.8 Å². The Morgan fingerprint density at radius 3 is 2.61 bits per heavy atom. The van der Waals surface area contributed by atoms with Crippen molar-refractivity contribution in [1.29, 1.82) is 0 Å². The highest BCUT2D eigenvalue weighted by Crippen LogP contribution is 2.67. The topological polar surface area (TPSA) is 20.2 Å². The van der Waals surface area contributed by atoms with Gasteiger partial charge in [-0.05, 0) is 104 Å². The molecule has 1 nitrogen and oxygen atoms in total. The summed E-state index contributed by atoms with van der Waals surface area (Å²) in [6, 6.07) is 0. The maximum atomic E-state index is 10.2. The molecule has 4 rings (SSSR count). The second kappa shape index (κ2) is 7.95. The van der Waals surface area contributed by atoms with E-state index in [1.54, 1.807) is 5.57 Å². The van der Waals surface area contributed by atoms with E-state index in [4.69, 9.17) is 0 Å². The van der Waals surface area contributed by atoms with Gasteiger partial charge in [0.2, 0.25) is 0 Å². The van der Waals surface area contributed by atoms with Gasteiger partial charge >= 0.3 is 0 Å². The highest BCUT2D eigenvalue weighted by Gasteiger charge is 2.59. The molecule has 0 unspecified atom stereocenters. The number of allylic oxidation sites excluding steroid dienone is 1. The molecule has 0 aromatic carbocycles. The van der Waals surface area contributed by atoms with Crippen molar-refractivity contribution in [2.45, 2.75) is 104 Å². The highest BCUT2D eigenvalue weighted by molar-refractivity contribution is 7.99. The van der Waals surface area contributed by atoms with Crippen molar-refractivity contribution in [1.82, 2.24) is 0 Å². The van der Waals surface area contributed by atoms with Crippen LogP contribution in [0.3, 0.4) is 0 Å². The first kappa shape index (κ1) is 21.3. The van der Waals surface area contributed by atoms with E-state index in [0.29, 0.717) is 10.8 Å². The van der Waals surface area contributed by atoms with Crippen LogP contribution in [0.1, 0.15) is 92.4 Å². The monoisotopic (exact) mass is 404 g/mol. The largest absolute Gasteiger partial charge is 0.393 e. The summed E-state index contributed by atoms with van der Waals surface area (Å²) in [6.45, 7) is 12.5. The second-order valence-electron chi connectivity index (χ2n) is 11.6. The molecule has 3 saturated carbocycles. The summed E-state index contributed by atoms with van der Waals surface area (Å²) in [5.74, 6) is 5.81. The number of rotatable bonds is 5. The van der Waals surface area contributed by atoms with Gasteiger partial charge in [-0.15, -0.1) is 0 Å². The van der Waals surface area contributed by atoms with Crippen LogP contribution in [0.15, 0.2) is 11.6 Å². The minimum Gasteiger partial charge on any atom is -0.393 e. The Balaban J connectivity index is 1.49. The maximum absolute atomic E-state index is 10.2. The zero-order chi connectivity index (χ0) is 20.1. The Morgan fingerprint density at radius 2 is 1.86 bits per heavy atom. The van der Waals surface area contributed by atoms with Crippen LogP contribution in [0, 0.1) is 40.4 Å². The van der Waals surface area contributed by atoms with E-state index in [-0.39, 0.29) is 6.10 Å². The van der Waals surface area contributed by atoms with Gasteiger partial charge in [-0.1, -0.05) is 46.3 Å². The number of hydrogen-bond acceptors (Lipinski definition) is 2. The molecule has 1 N–H and O–H groups in total. The molecular formula is C26H44OS. The zero-order valence-electron chi connectivity index (χ0n) is 19.0. The average Bonchev–Trinajstić information content (AvgIpc) is 2.99. The zero-order valence-corrected chi connectivity index (χ0v) is 19.9. The predicted molar refractivity (Wildman–Crippen MR) is 123 cm³/mol. The number of aliphatic hydroxyl groups is 1. The summed E-state index contributed by atoms with van der Waals surface area (Å²) in [5.41, 5.74) is 2.57. The molecule has 0 aromatic rings. The molecule has 0 aliphatic heterocycles. The van der Waals surface area contributed by atoms with Crippen molar-refractivity contribution in [3.63, 3.8) is 0 Å². The minimum atomic E-state index is -0.0793. The van der Waals surface area contributed by atoms with E-state index in [9.17, 15) is 5.11 Å². The van der Waals surface area contributed by atoms with Gasteiger partial charge < -0.3 is 5.11 Å². The van der Waals surface area contributed by atoms with Gasteiger partial charge in [0.15, 0.2) is 0 Å². The van der Waals surface area contributed by atoms with Gasteiger partial charge in [0.25, 0.3) is 0 Å². The fraction of sp³-hybridized carbons (Fsp3) is 0.923. The van der Waals surface area contributed by atoms with E-state index >= 15 is 0 Å². The van der Waals surface area contributed by atoms with Crippen LogP contribution < -0.4 is 0 Å². The van der Waals surface area contributed by atoms with E-state index in [1.807, 2.05) is 0 Å². The van der Waals surface area contributed by atoms with E-state index in [2.05, 4.69) is 52.5 Å². The van der Waals surface area contributed by atoms with Crippen LogP contribution in [0.5, 0.6) is 0 Å². The van der Waals surface area contributed by atoms with Crippen LogP contribution in [0.4, 0.5) is 0 Å². The van der Waals surface area contributed by atoms with Gasteiger partial charge in [0.1, 0.15) is 0 Å². The number of aliphatic hydroxyl groups excluding tert-OH is 1. The van der Waals surface area contributed by atoms with Crippen LogP contribution in [-0.4, -0.2) is 22.2 Å². The first-order chi connectivity index (χ1) is 13.3. The summed E-state index contributed by atoms with van der Waals surface area (Å²) in [6.07, 6.45) is 14.2. The molecule has 0 spiro atoms. The molecule has 4 aliphatic rings. The molecule has 28 heavy (non-hydrogen) atoms. The molecule has 0 amide bonds. The average molecular weight is 405 g/mol. The normalized spacial score (nSPS) is 46.5. The Kier molecular flexibility index (Phi) is 6.04. The van der Waals surface area contributed by atoms with E-state index in [1.165, 1.54) is 50.7 Å². The number of hydrogen-bond donors (Lipinski definition) is 1. The Morgan fingerprint density at radius 1 is 1.07 bits per heavy atom. The van der Waals surface area contributed by atoms with Crippen LogP contribution in [-0.2, 0) is 0 Å². The van der Waals surface area contributed by atoms with E-state index in [0.717, 1.165) is 47.7 Å². The fourth-order valence-corrected chi connectivity index (χ4v) is 9.72. The molecule has 0 radical (unpaired) electrons. The first-order valence-electron chi connectivity index (χ1n) is 12.2. The third-order valence-corrected chi connectivity index (χ3v) is 11.1. The lowest BCUT2D eigenvalue weighted by molar-refractivity contribution is -0.0493. The van der Waals surface area contributed by atoms with Gasteiger partial charge in [0, 0.05) is 5.25 Å². The summed E-state index contributed by atoms with van der Waals surface area (Å²) in [7, 11) is 0. The summed E-state index contributed by atoms with van der Waals surface area (Å²) >= 11 is 2.26. The van der Waals surface area contributed by atoms with Crippen molar-refractivity contribution in [2.24, 2.45) is 40.4 Å². The fourth-order valence-electron chi connectivity index (χ4n) is 8.06. The van der Waals surface area contributed by atoms with Gasteiger partial charge in [0.05, 0.1) is 6.10 Å². The first-order valence-corrected chi connectivity index (χ1v) is 13.3. The van der Waals surface area contributed by atoms with Crippen molar-refractivity contribution < 1.29 is 5.11 Å². The lowest BCUT2D eigenvalue weighted by Crippen LogP contribution is -2.51. The highest BCUT2D eigenvalue weighted by atomic mass is 32.2. The maximum Gasteiger partial charge on any atom is 0.0577 e. The molecule has 0 heterocycles. The Bertz CT molecular complexity index is 597. The number of fused-ring (bicyclic) bond motifs is 5. The Labute approximate surface area is 178 Å². The van der Waals surface area contributed by atoms with Crippen LogP contribution >= 0.6 is 11.8 Å². The van der Waals surface area contributed by atoms with Gasteiger partial charge in [-0.3, -0.25) is 0 Å². The van der Waals surface area contributed by atoms with Gasteiger partial charge in [-0.25, -0.2) is 0 Å². The lowest BCUT2D eigenvalue weighted by atomic mass is 9.47. The second-order valence-corrected chi connectivity index (χ2v) is 13.1. The molecule has 4 aliphatic carbocycles. The lowest BCUT2D eigenvalue weighted by Gasteiger charge is -2.58. The molecule has 160 valence electrons. The standard InChI is InChI=1S/C26H44OS/c1-17(2)12-15-28-18(3)22-8-9-23-21-7-6-19-16-20(27)10-13-25(19,4)24(21)11-14-26(22,23)5/h6,17-18,20-24,27H,7-16H2,1-5H3/t18-,20+,21+,22-,23+,24+,25+,26-/m1/s1. The smallest absolute Gasteiger partial charge is 0.0577 e. The third kappa shape index (κ3) is 3.53. The van der Waals surface area contributed by atoms with E-state index < -0.39 is 0 Å². The SMILES string of the molecule is CC(C)CCS[C@H](C)[C@H]1CC[C@H]2[C@@H]3CC=C4C[C@@H](O)CC[C@]4(C)[C@H]3CC[C@]12C. The van der Waals surface area contributed by atoms with Crippen LogP contribution in [0.25, 0.3) is 0 Å².